The minimum absolute atomic E-state index is 0.135. The van der Waals surface area contributed by atoms with Crippen LogP contribution < -0.4 is 0 Å². The van der Waals surface area contributed by atoms with Gasteiger partial charge in [-0.25, -0.2) is 9.97 Å². The third-order valence-electron chi connectivity index (χ3n) is 1.34. The van der Waals surface area contributed by atoms with E-state index in [-0.39, 0.29) is 5.28 Å². The molecule has 0 atom stereocenters. The fourth-order valence-electron chi connectivity index (χ4n) is 0.835. The second kappa shape index (κ2) is 3.57. The molecule has 0 fully saturated rings. The van der Waals surface area contributed by atoms with Crippen LogP contribution >= 0.6 is 46.3 Å². The van der Waals surface area contributed by atoms with Gasteiger partial charge in [0, 0.05) is 0 Å². The Kier molecular flexibility index (Phi) is 2.60. The van der Waals surface area contributed by atoms with Crippen molar-refractivity contribution in [2.45, 2.75) is 4.34 Å². The molecule has 0 N–H and O–H groups in total. The Hall–Kier alpha value is -0.100. The Morgan fingerprint density at radius 1 is 1.23 bits per heavy atom. The van der Waals surface area contributed by atoms with Crippen LogP contribution in [0.1, 0.15) is 0 Å². The molecule has 2 rings (SSSR count). The molecule has 0 aromatic carbocycles. The van der Waals surface area contributed by atoms with Gasteiger partial charge in [0.1, 0.15) is 4.70 Å². The lowest BCUT2D eigenvalue weighted by atomic mass is 10.6. The average Bonchev–Trinajstić information content (AvgIpc) is 2.47. The van der Waals surface area contributed by atoms with Crippen LogP contribution in [-0.4, -0.2) is 21.2 Å². The lowest BCUT2D eigenvalue weighted by Crippen LogP contribution is -1.83. The van der Waals surface area contributed by atoms with E-state index in [9.17, 15) is 0 Å². The van der Waals surface area contributed by atoms with Gasteiger partial charge in [-0.05, 0) is 17.9 Å². The highest BCUT2D eigenvalue weighted by atomic mass is 35.5. The van der Waals surface area contributed by atoms with Gasteiger partial charge in [-0.1, -0.05) is 23.4 Å². The SMILES string of the molecule is CSc1nc2nc(Cl)nc(Cl)c2s1. The van der Waals surface area contributed by atoms with Crippen LogP contribution in [0.2, 0.25) is 10.4 Å². The molecule has 7 heteroatoms. The first kappa shape index (κ1) is 9.45. The van der Waals surface area contributed by atoms with E-state index in [2.05, 4.69) is 15.0 Å². The van der Waals surface area contributed by atoms with Crippen LogP contribution in [0.5, 0.6) is 0 Å². The minimum Gasteiger partial charge on any atom is -0.210 e. The molecular formula is C6H3Cl2N3S2. The maximum atomic E-state index is 5.86. The molecule has 0 aliphatic rings. The summed E-state index contributed by atoms with van der Waals surface area (Å²) in [4.78, 5) is 12.0. The number of fused-ring (bicyclic) bond motifs is 1. The Balaban J connectivity index is 2.75. The van der Waals surface area contributed by atoms with Gasteiger partial charge in [0.2, 0.25) is 5.28 Å². The molecule has 0 spiro atoms. The molecule has 0 saturated carbocycles. The summed E-state index contributed by atoms with van der Waals surface area (Å²) in [6.07, 6.45) is 1.95. The lowest BCUT2D eigenvalue weighted by Gasteiger charge is -1.90. The zero-order chi connectivity index (χ0) is 9.42. The van der Waals surface area contributed by atoms with Crippen molar-refractivity contribution < 1.29 is 0 Å². The number of hydrogen-bond acceptors (Lipinski definition) is 5. The van der Waals surface area contributed by atoms with Crippen LogP contribution in [-0.2, 0) is 0 Å². The lowest BCUT2D eigenvalue weighted by molar-refractivity contribution is 1.17. The molecule has 2 aromatic rings. The van der Waals surface area contributed by atoms with Gasteiger partial charge < -0.3 is 0 Å². The Labute approximate surface area is 92.5 Å². The van der Waals surface area contributed by atoms with E-state index in [1.807, 2.05) is 6.26 Å². The number of halogens is 2. The maximum absolute atomic E-state index is 5.86. The highest BCUT2D eigenvalue weighted by molar-refractivity contribution is 8.00. The zero-order valence-electron chi connectivity index (χ0n) is 6.41. The third-order valence-corrected chi connectivity index (χ3v) is 3.93. The molecule has 0 aliphatic heterocycles. The average molecular weight is 252 g/mol. The summed E-state index contributed by atoms with van der Waals surface area (Å²) in [5.41, 5.74) is 0.569. The molecular weight excluding hydrogens is 249 g/mol. The summed E-state index contributed by atoms with van der Waals surface area (Å²) >= 11 is 14.5. The van der Waals surface area contributed by atoms with E-state index in [1.54, 1.807) is 11.8 Å². The van der Waals surface area contributed by atoms with Gasteiger partial charge in [-0.3, -0.25) is 0 Å². The fraction of sp³-hybridized carbons (Fsp3) is 0.167. The van der Waals surface area contributed by atoms with Crippen molar-refractivity contribution in [1.82, 2.24) is 15.0 Å². The number of nitrogens with zero attached hydrogens (tertiary/aromatic N) is 3. The molecule has 3 nitrogen and oxygen atoms in total. The van der Waals surface area contributed by atoms with Crippen LogP contribution in [0, 0.1) is 0 Å². The number of rotatable bonds is 1. The van der Waals surface area contributed by atoms with Gasteiger partial charge in [0.25, 0.3) is 0 Å². The number of thioether (sulfide) groups is 1. The van der Waals surface area contributed by atoms with E-state index in [0.717, 1.165) is 9.04 Å². The molecule has 0 amide bonds. The molecule has 2 heterocycles. The first-order chi connectivity index (χ1) is 6.20. The van der Waals surface area contributed by atoms with E-state index in [1.165, 1.54) is 11.3 Å². The smallest absolute Gasteiger partial charge is 0.210 e. The monoisotopic (exact) mass is 251 g/mol. The zero-order valence-corrected chi connectivity index (χ0v) is 9.56. The Bertz CT molecular complexity index is 456. The summed E-state index contributed by atoms with van der Waals surface area (Å²) in [6.45, 7) is 0. The summed E-state index contributed by atoms with van der Waals surface area (Å²) in [5, 5.41) is 0.503. The van der Waals surface area contributed by atoms with Crippen molar-refractivity contribution in [3.8, 4) is 0 Å². The second-order valence-corrected chi connectivity index (χ2v) is 4.87. The molecule has 0 radical (unpaired) electrons. The van der Waals surface area contributed by atoms with Crippen molar-refractivity contribution in [2.24, 2.45) is 0 Å². The topological polar surface area (TPSA) is 38.7 Å². The summed E-state index contributed by atoms with van der Waals surface area (Å²) in [6, 6.07) is 0. The fourth-order valence-corrected chi connectivity index (χ4v) is 2.70. The van der Waals surface area contributed by atoms with Crippen LogP contribution in [0.4, 0.5) is 0 Å². The normalized spacial score (nSPS) is 11.0. The second-order valence-electron chi connectivity index (χ2n) is 2.12. The number of aromatic nitrogens is 3. The van der Waals surface area contributed by atoms with Crippen LogP contribution in [0.15, 0.2) is 4.34 Å². The predicted octanol–water partition coefficient (Wildman–Crippen LogP) is 3.12. The van der Waals surface area contributed by atoms with Crippen molar-refractivity contribution in [3.05, 3.63) is 10.4 Å². The molecule has 13 heavy (non-hydrogen) atoms. The molecule has 2 aromatic heterocycles. The van der Waals surface area contributed by atoms with Gasteiger partial charge in [-0.2, -0.15) is 4.98 Å². The van der Waals surface area contributed by atoms with Crippen molar-refractivity contribution in [2.75, 3.05) is 6.26 Å². The van der Waals surface area contributed by atoms with Crippen LogP contribution in [0.25, 0.3) is 10.3 Å². The van der Waals surface area contributed by atoms with E-state index in [4.69, 9.17) is 23.2 Å². The third kappa shape index (κ3) is 1.74. The van der Waals surface area contributed by atoms with Gasteiger partial charge in [0.15, 0.2) is 15.1 Å². The quantitative estimate of drug-likeness (QED) is 0.444. The Morgan fingerprint density at radius 2 is 2.00 bits per heavy atom. The van der Waals surface area contributed by atoms with Crippen molar-refractivity contribution >= 4 is 56.6 Å². The number of thiazole rings is 1. The minimum atomic E-state index is 0.135. The van der Waals surface area contributed by atoms with Crippen molar-refractivity contribution in [3.63, 3.8) is 0 Å². The summed E-state index contributed by atoms with van der Waals surface area (Å²) < 4.78 is 1.70. The molecule has 0 unspecified atom stereocenters. The van der Waals surface area contributed by atoms with E-state index in [0.29, 0.717) is 10.8 Å². The van der Waals surface area contributed by atoms with Gasteiger partial charge in [0.05, 0.1) is 0 Å². The number of hydrogen-bond donors (Lipinski definition) is 0. The molecule has 68 valence electrons. The van der Waals surface area contributed by atoms with Crippen LogP contribution in [0.3, 0.4) is 0 Å². The standard InChI is InChI=1S/C6H3Cl2N3S2/c1-12-6-11-4-2(13-6)3(7)9-5(8)10-4/h1H3. The predicted molar refractivity (Wildman–Crippen MR) is 57.0 cm³/mol. The molecule has 0 aliphatic carbocycles. The summed E-state index contributed by atoms with van der Waals surface area (Å²) in [7, 11) is 0. The first-order valence-corrected chi connectivity index (χ1v) is 6.04. The van der Waals surface area contributed by atoms with Gasteiger partial charge in [-0.15, -0.1) is 11.3 Å². The summed E-state index contributed by atoms with van der Waals surface area (Å²) in [5.74, 6) is 0. The molecule has 0 bridgehead atoms. The highest BCUT2D eigenvalue weighted by Gasteiger charge is 2.10. The first-order valence-electron chi connectivity index (χ1n) is 3.24. The maximum Gasteiger partial charge on any atom is 0.225 e. The highest BCUT2D eigenvalue weighted by Crippen LogP contribution is 2.31. The van der Waals surface area contributed by atoms with Gasteiger partial charge >= 0.3 is 0 Å². The largest absolute Gasteiger partial charge is 0.225 e. The van der Waals surface area contributed by atoms with Crippen molar-refractivity contribution in [1.29, 1.82) is 0 Å². The Morgan fingerprint density at radius 3 is 2.69 bits per heavy atom. The van der Waals surface area contributed by atoms with E-state index < -0.39 is 0 Å². The molecule has 0 saturated heterocycles. The van der Waals surface area contributed by atoms with E-state index >= 15 is 0 Å².